The third-order valence-corrected chi connectivity index (χ3v) is 6.38. The summed E-state index contributed by atoms with van der Waals surface area (Å²) in [6.45, 7) is 5.94. The van der Waals surface area contributed by atoms with Crippen molar-refractivity contribution < 1.29 is 4.42 Å². The molecule has 4 heterocycles. The summed E-state index contributed by atoms with van der Waals surface area (Å²) in [5.41, 5.74) is 1.50. The van der Waals surface area contributed by atoms with Gasteiger partial charge < -0.3 is 4.42 Å². The van der Waals surface area contributed by atoms with Gasteiger partial charge in [-0.1, -0.05) is 12.8 Å². The lowest BCUT2D eigenvalue weighted by atomic mass is 10.1. The number of hydrogen-bond acceptors (Lipinski definition) is 4. The Hall–Kier alpha value is -1.10. The van der Waals surface area contributed by atoms with Crippen LogP contribution < -0.4 is 0 Å². The first kappa shape index (κ1) is 16.4. The molecule has 2 aliphatic rings. The van der Waals surface area contributed by atoms with E-state index >= 15 is 0 Å². The monoisotopic (exact) mass is 344 g/mol. The van der Waals surface area contributed by atoms with Crippen molar-refractivity contribution in [3.05, 3.63) is 46.0 Å². The van der Waals surface area contributed by atoms with Crippen molar-refractivity contribution in [3.63, 3.8) is 0 Å². The smallest absolute Gasteiger partial charge is 0.120 e. The van der Waals surface area contributed by atoms with Crippen molar-refractivity contribution in [2.24, 2.45) is 0 Å². The van der Waals surface area contributed by atoms with Gasteiger partial charge in [-0.3, -0.25) is 9.80 Å². The summed E-state index contributed by atoms with van der Waals surface area (Å²) in [5, 5.41) is 2.37. The van der Waals surface area contributed by atoms with Gasteiger partial charge in [0.15, 0.2) is 0 Å². The van der Waals surface area contributed by atoms with Crippen LogP contribution in [0.5, 0.6) is 0 Å². The first-order chi connectivity index (χ1) is 11.9. The van der Waals surface area contributed by atoms with Gasteiger partial charge in [0.1, 0.15) is 5.76 Å². The second-order valence-electron chi connectivity index (χ2n) is 7.26. The zero-order valence-corrected chi connectivity index (χ0v) is 15.3. The molecule has 4 heteroatoms. The van der Waals surface area contributed by atoms with Gasteiger partial charge in [0.25, 0.3) is 0 Å². The summed E-state index contributed by atoms with van der Waals surface area (Å²) >= 11 is 1.93. The van der Waals surface area contributed by atoms with Gasteiger partial charge >= 0.3 is 0 Å². The lowest BCUT2D eigenvalue weighted by molar-refractivity contribution is 0.171. The molecule has 4 rings (SSSR count). The highest BCUT2D eigenvalue weighted by Crippen LogP contribution is 2.32. The fourth-order valence-electron chi connectivity index (χ4n) is 4.15. The first-order valence-electron chi connectivity index (χ1n) is 9.44. The van der Waals surface area contributed by atoms with Gasteiger partial charge in [-0.25, -0.2) is 0 Å². The van der Waals surface area contributed by atoms with Gasteiger partial charge in [-0.05, 0) is 74.5 Å². The van der Waals surface area contributed by atoms with Crippen LogP contribution in [-0.4, -0.2) is 29.4 Å². The molecule has 0 bridgehead atoms. The highest BCUT2D eigenvalue weighted by atomic mass is 32.1. The molecule has 130 valence electrons. The minimum absolute atomic E-state index is 0.451. The summed E-state index contributed by atoms with van der Waals surface area (Å²) in [4.78, 5) is 6.73. The molecule has 0 radical (unpaired) electrons. The van der Waals surface area contributed by atoms with Crippen molar-refractivity contribution in [1.29, 1.82) is 0 Å². The highest BCUT2D eigenvalue weighted by Gasteiger charge is 2.25. The van der Waals surface area contributed by atoms with Crippen LogP contribution in [0.25, 0.3) is 0 Å². The van der Waals surface area contributed by atoms with Crippen molar-refractivity contribution in [2.75, 3.05) is 19.6 Å². The molecule has 2 aliphatic heterocycles. The molecule has 3 nitrogen and oxygen atoms in total. The Kier molecular flexibility index (Phi) is 5.36. The Morgan fingerprint density at radius 3 is 2.75 bits per heavy atom. The minimum Gasteiger partial charge on any atom is -0.468 e. The van der Waals surface area contributed by atoms with E-state index in [0.29, 0.717) is 6.04 Å². The zero-order chi connectivity index (χ0) is 16.2. The lowest BCUT2D eigenvalue weighted by Crippen LogP contribution is -2.27. The predicted molar refractivity (Wildman–Crippen MR) is 99.2 cm³/mol. The molecule has 1 atom stereocenters. The third-order valence-electron chi connectivity index (χ3n) is 5.41. The molecule has 2 fully saturated rings. The van der Waals surface area contributed by atoms with E-state index in [1.165, 1.54) is 68.6 Å². The summed E-state index contributed by atoms with van der Waals surface area (Å²) in [7, 11) is 0. The summed E-state index contributed by atoms with van der Waals surface area (Å²) < 4.78 is 5.75. The molecule has 0 spiro atoms. The Morgan fingerprint density at radius 1 is 1.04 bits per heavy atom. The summed E-state index contributed by atoms with van der Waals surface area (Å²) in [6, 6.07) is 7.06. The van der Waals surface area contributed by atoms with E-state index in [1.54, 1.807) is 0 Å². The van der Waals surface area contributed by atoms with Crippen LogP contribution in [0, 0.1) is 0 Å². The molecule has 1 unspecified atom stereocenters. The van der Waals surface area contributed by atoms with Gasteiger partial charge in [0.2, 0.25) is 0 Å². The van der Waals surface area contributed by atoms with Crippen LogP contribution in [0.2, 0.25) is 0 Å². The fraction of sp³-hybridized carbons (Fsp3) is 0.600. The van der Waals surface area contributed by atoms with Crippen LogP contribution in [0.4, 0.5) is 0 Å². The molecule has 0 amide bonds. The fourth-order valence-corrected chi connectivity index (χ4v) is 5.06. The summed E-state index contributed by atoms with van der Waals surface area (Å²) in [5.74, 6) is 1.14. The number of rotatable bonds is 5. The standard InChI is InChI=1S/C20H28N2OS/c1-2-7-19(20-8-6-12-23-20)22(11-3-1)15-18-13-17(16-24-18)14-21-9-4-5-10-21/h6,8,12-13,16,19H,1-5,7,9-11,14-15H2. The maximum atomic E-state index is 5.75. The highest BCUT2D eigenvalue weighted by molar-refractivity contribution is 7.10. The van der Waals surface area contributed by atoms with Crippen molar-refractivity contribution in [2.45, 2.75) is 57.7 Å². The van der Waals surface area contributed by atoms with Gasteiger partial charge in [-0.15, -0.1) is 11.3 Å². The van der Waals surface area contributed by atoms with Crippen LogP contribution in [0.3, 0.4) is 0 Å². The molecule has 0 N–H and O–H groups in total. The van der Waals surface area contributed by atoms with Gasteiger partial charge in [0.05, 0.1) is 12.3 Å². The second kappa shape index (κ2) is 7.85. The number of likely N-dealkylation sites (tertiary alicyclic amines) is 2. The van der Waals surface area contributed by atoms with Crippen LogP contribution in [-0.2, 0) is 13.1 Å². The van der Waals surface area contributed by atoms with E-state index < -0.39 is 0 Å². The maximum absolute atomic E-state index is 5.75. The average Bonchev–Trinajstić information content (AvgIpc) is 3.32. The molecule has 0 saturated carbocycles. The third kappa shape index (κ3) is 3.93. The average molecular weight is 345 g/mol. The van der Waals surface area contributed by atoms with E-state index in [9.17, 15) is 0 Å². The summed E-state index contributed by atoms with van der Waals surface area (Å²) in [6.07, 6.45) is 9.75. The number of furan rings is 1. The second-order valence-corrected chi connectivity index (χ2v) is 8.25. The van der Waals surface area contributed by atoms with Crippen molar-refractivity contribution in [3.8, 4) is 0 Å². The molecule has 2 saturated heterocycles. The molecule has 24 heavy (non-hydrogen) atoms. The molecule has 2 aromatic heterocycles. The first-order valence-corrected chi connectivity index (χ1v) is 10.3. The van der Waals surface area contributed by atoms with E-state index in [-0.39, 0.29) is 0 Å². The predicted octanol–water partition coefficient (Wildman–Crippen LogP) is 5.05. The molecular formula is C20H28N2OS. The van der Waals surface area contributed by atoms with E-state index in [0.717, 1.165) is 18.8 Å². The maximum Gasteiger partial charge on any atom is 0.120 e. The van der Waals surface area contributed by atoms with Crippen molar-refractivity contribution >= 4 is 11.3 Å². The Balaban J connectivity index is 1.43. The number of thiophene rings is 1. The molecule has 2 aromatic rings. The Bertz CT molecular complexity index is 615. The van der Waals surface area contributed by atoms with Crippen LogP contribution in [0.15, 0.2) is 34.3 Å². The Labute approximate surface area is 149 Å². The molecular weight excluding hydrogens is 316 g/mol. The van der Waals surface area contributed by atoms with E-state index in [2.05, 4.69) is 27.3 Å². The van der Waals surface area contributed by atoms with E-state index in [4.69, 9.17) is 4.42 Å². The number of nitrogens with zero attached hydrogens (tertiary/aromatic N) is 2. The lowest BCUT2D eigenvalue weighted by Gasteiger charge is -2.27. The largest absolute Gasteiger partial charge is 0.468 e. The van der Waals surface area contributed by atoms with Gasteiger partial charge in [-0.2, -0.15) is 0 Å². The quantitative estimate of drug-likeness (QED) is 0.756. The normalized spacial score (nSPS) is 23.6. The topological polar surface area (TPSA) is 19.6 Å². The Morgan fingerprint density at radius 2 is 1.92 bits per heavy atom. The van der Waals surface area contributed by atoms with Crippen LogP contribution >= 0.6 is 11.3 Å². The van der Waals surface area contributed by atoms with E-state index in [1.807, 2.05) is 23.7 Å². The molecule has 0 aromatic carbocycles. The minimum atomic E-state index is 0.451. The van der Waals surface area contributed by atoms with Gasteiger partial charge in [0, 0.05) is 18.0 Å². The SMILES string of the molecule is c1coc(C2CCCCCN2Cc2cc(CN3CCCC3)cs2)c1. The van der Waals surface area contributed by atoms with Crippen molar-refractivity contribution in [1.82, 2.24) is 9.80 Å². The molecule has 0 aliphatic carbocycles. The zero-order valence-electron chi connectivity index (χ0n) is 14.5. The number of hydrogen-bond donors (Lipinski definition) is 0. The van der Waals surface area contributed by atoms with Crippen LogP contribution in [0.1, 0.15) is 60.8 Å².